The Hall–Kier alpha value is -1.79. The second-order valence-electron chi connectivity index (χ2n) is 5.23. The maximum Gasteiger partial charge on any atom is 0.304 e. The standard InChI is InChI=1S/C15H22N2O4/c1-21-13-4-2-3-12(15(13)20)11-17-9-7-16(8-10-17)6-5-14(18)19/h2-4,20H,5-11H2,1H3,(H,18,19). The molecular formula is C15H22N2O4. The second-order valence-corrected chi connectivity index (χ2v) is 5.23. The lowest BCUT2D eigenvalue weighted by Crippen LogP contribution is -2.46. The van der Waals surface area contributed by atoms with Gasteiger partial charge in [0.1, 0.15) is 0 Å². The zero-order valence-electron chi connectivity index (χ0n) is 12.3. The van der Waals surface area contributed by atoms with Gasteiger partial charge in [-0.2, -0.15) is 0 Å². The van der Waals surface area contributed by atoms with Crippen molar-refractivity contribution in [1.82, 2.24) is 9.80 Å². The summed E-state index contributed by atoms with van der Waals surface area (Å²) < 4.78 is 5.11. The molecule has 6 nitrogen and oxygen atoms in total. The predicted octanol–water partition coefficient (Wildman–Crippen LogP) is 0.993. The number of piperazine rings is 1. The molecule has 2 N–H and O–H groups in total. The largest absolute Gasteiger partial charge is 0.504 e. The van der Waals surface area contributed by atoms with Gasteiger partial charge in [0.05, 0.1) is 13.5 Å². The van der Waals surface area contributed by atoms with Gasteiger partial charge in [0.15, 0.2) is 11.5 Å². The Morgan fingerprint density at radius 2 is 1.90 bits per heavy atom. The van der Waals surface area contributed by atoms with E-state index in [4.69, 9.17) is 9.84 Å². The first-order chi connectivity index (χ1) is 10.1. The Morgan fingerprint density at radius 1 is 1.24 bits per heavy atom. The van der Waals surface area contributed by atoms with Crippen molar-refractivity contribution in [2.45, 2.75) is 13.0 Å². The quantitative estimate of drug-likeness (QED) is 0.815. The van der Waals surface area contributed by atoms with Gasteiger partial charge in [0.2, 0.25) is 0 Å². The Kier molecular flexibility index (Phi) is 5.41. The van der Waals surface area contributed by atoms with Gasteiger partial charge in [0, 0.05) is 44.8 Å². The molecular weight excluding hydrogens is 272 g/mol. The number of para-hydroxylation sites is 1. The Morgan fingerprint density at radius 3 is 2.52 bits per heavy atom. The average molecular weight is 294 g/mol. The third-order valence-corrected chi connectivity index (χ3v) is 3.80. The molecule has 1 aromatic rings. The number of carbonyl (C=O) groups is 1. The number of methoxy groups -OCH3 is 1. The van der Waals surface area contributed by atoms with Gasteiger partial charge in [-0.3, -0.25) is 9.69 Å². The number of hydrogen-bond acceptors (Lipinski definition) is 5. The number of nitrogens with zero attached hydrogens (tertiary/aromatic N) is 2. The summed E-state index contributed by atoms with van der Waals surface area (Å²) in [5.41, 5.74) is 0.855. The van der Waals surface area contributed by atoms with E-state index in [0.717, 1.165) is 31.7 Å². The Labute approximate surface area is 124 Å². The fourth-order valence-corrected chi connectivity index (χ4v) is 2.53. The molecule has 2 rings (SSSR count). The van der Waals surface area contributed by atoms with Crippen molar-refractivity contribution in [3.05, 3.63) is 23.8 Å². The summed E-state index contributed by atoms with van der Waals surface area (Å²) in [7, 11) is 1.54. The number of carboxylic acids is 1. The van der Waals surface area contributed by atoms with Gasteiger partial charge >= 0.3 is 5.97 Å². The van der Waals surface area contributed by atoms with Crippen molar-refractivity contribution in [3.63, 3.8) is 0 Å². The molecule has 1 saturated heterocycles. The smallest absolute Gasteiger partial charge is 0.304 e. The maximum atomic E-state index is 10.6. The van der Waals surface area contributed by atoms with Crippen molar-refractivity contribution in [2.24, 2.45) is 0 Å². The summed E-state index contributed by atoms with van der Waals surface area (Å²) in [4.78, 5) is 15.0. The van der Waals surface area contributed by atoms with Gasteiger partial charge in [-0.25, -0.2) is 0 Å². The number of ether oxygens (including phenoxy) is 1. The molecule has 0 bridgehead atoms. The predicted molar refractivity (Wildman–Crippen MR) is 78.6 cm³/mol. The first-order valence-electron chi connectivity index (χ1n) is 7.11. The molecule has 1 aromatic carbocycles. The minimum Gasteiger partial charge on any atom is -0.504 e. The van der Waals surface area contributed by atoms with E-state index in [9.17, 15) is 9.90 Å². The van der Waals surface area contributed by atoms with Crippen LogP contribution in [0.4, 0.5) is 0 Å². The number of phenols is 1. The van der Waals surface area contributed by atoms with Crippen LogP contribution in [0.3, 0.4) is 0 Å². The summed E-state index contributed by atoms with van der Waals surface area (Å²) in [5.74, 6) is -0.0559. The highest BCUT2D eigenvalue weighted by atomic mass is 16.5. The topological polar surface area (TPSA) is 73.2 Å². The summed E-state index contributed by atoms with van der Waals surface area (Å²) in [5, 5.41) is 18.8. The van der Waals surface area contributed by atoms with E-state index in [1.165, 1.54) is 0 Å². The van der Waals surface area contributed by atoms with E-state index >= 15 is 0 Å². The van der Waals surface area contributed by atoms with E-state index in [1.807, 2.05) is 12.1 Å². The van der Waals surface area contributed by atoms with Crippen molar-refractivity contribution >= 4 is 5.97 Å². The van der Waals surface area contributed by atoms with E-state index < -0.39 is 5.97 Å². The van der Waals surface area contributed by atoms with Gasteiger partial charge in [-0.1, -0.05) is 12.1 Å². The zero-order valence-corrected chi connectivity index (χ0v) is 12.3. The normalized spacial score (nSPS) is 16.8. The maximum absolute atomic E-state index is 10.6. The molecule has 0 unspecified atom stereocenters. The summed E-state index contributed by atoms with van der Waals surface area (Å²) in [6.07, 6.45) is 0.191. The molecule has 1 aliphatic heterocycles. The van der Waals surface area contributed by atoms with Crippen LogP contribution < -0.4 is 4.74 Å². The Balaban J connectivity index is 1.85. The lowest BCUT2D eigenvalue weighted by atomic mass is 10.1. The van der Waals surface area contributed by atoms with Crippen LogP contribution in [0.15, 0.2) is 18.2 Å². The number of aromatic hydroxyl groups is 1. The fraction of sp³-hybridized carbons (Fsp3) is 0.533. The van der Waals surface area contributed by atoms with Crippen LogP contribution in [-0.4, -0.2) is 65.8 Å². The molecule has 0 atom stereocenters. The number of carboxylic acid groups (broad SMARTS) is 1. The van der Waals surface area contributed by atoms with Crippen molar-refractivity contribution in [3.8, 4) is 11.5 Å². The minimum atomic E-state index is -0.751. The molecule has 1 aliphatic rings. The summed E-state index contributed by atoms with van der Waals surface area (Å²) >= 11 is 0. The molecule has 21 heavy (non-hydrogen) atoms. The average Bonchev–Trinajstić information content (AvgIpc) is 2.48. The molecule has 0 aromatic heterocycles. The van der Waals surface area contributed by atoms with Gasteiger partial charge in [-0.05, 0) is 6.07 Å². The van der Waals surface area contributed by atoms with Crippen LogP contribution in [0.5, 0.6) is 11.5 Å². The number of rotatable bonds is 6. The fourth-order valence-electron chi connectivity index (χ4n) is 2.53. The molecule has 1 heterocycles. The van der Waals surface area contributed by atoms with E-state index in [2.05, 4.69) is 9.80 Å². The first kappa shape index (κ1) is 15.6. The third kappa shape index (κ3) is 4.34. The number of aliphatic carboxylic acids is 1. The molecule has 116 valence electrons. The summed E-state index contributed by atoms with van der Waals surface area (Å²) in [6.45, 7) is 4.74. The molecule has 0 amide bonds. The number of phenolic OH excluding ortho intramolecular Hbond substituents is 1. The van der Waals surface area contributed by atoms with Gasteiger partial charge < -0.3 is 19.8 Å². The highest BCUT2D eigenvalue weighted by Gasteiger charge is 2.19. The molecule has 0 aliphatic carbocycles. The molecule has 1 fully saturated rings. The highest BCUT2D eigenvalue weighted by Crippen LogP contribution is 2.30. The van der Waals surface area contributed by atoms with E-state index in [1.54, 1.807) is 13.2 Å². The van der Waals surface area contributed by atoms with Crippen molar-refractivity contribution < 1.29 is 19.7 Å². The van der Waals surface area contributed by atoms with Crippen LogP contribution >= 0.6 is 0 Å². The first-order valence-corrected chi connectivity index (χ1v) is 7.11. The molecule has 0 radical (unpaired) electrons. The molecule has 6 heteroatoms. The lowest BCUT2D eigenvalue weighted by Gasteiger charge is -2.34. The van der Waals surface area contributed by atoms with E-state index in [-0.39, 0.29) is 12.2 Å². The number of hydrogen-bond donors (Lipinski definition) is 2. The third-order valence-electron chi connectivity index (χ3n) is 3.80. The monoisotopic (exact) mass is 294 g/mol. The Bertz CT molecular complexity index is 485. The van der Waals surface area contributed by atoms with Crippen LogP contribution in [-0.2, 0) is 11.3 Å². The molecule has 0 saturated carbocycles. The lowest BCUT2D eigenvalue weighted by molar-refractivity contribution is -0.137. The number of benzene rings is 1. The zero-order chi connectivity index (χ0) is 15.2. The van der Waals surface area contributed by atoms with E-state index in [0.29, 0.717) is 18.8 Å². The van der Waals surface area contributed by atoms with Crippen LogP contribution in [0.1, 0.15) is 12.0 Å². The minimum absolute atomic E-state index is 0.191. The second kappa shape index (κ2) is 7.28. The van der Waals surface area contributed by atoms with Crippen LogP contribution in [0.25, 0.3) is 0 Å². The summed E-state index contributed by atoms with van der Waals surface area (Å²) in [6, 6.07) is 5.51. The van der Waals surface area contributed by atoms with Crippen molar-refractivity contribution in [2.75, 3.05) is 39.8 Å². The SMILES string of the molecule is COc1cccc(CN2CCN(CCC(=O)O)CC2)c1O. The van der Waals surface area contributed by atoms with Crippen LogP contribution in [0.2, 0.25) is 0 Å². The van der Waals surface area contributed by atoms with Crippen molar-refractivity contribution in [1.29, 1.82) is 0 Å². The van der Waals surface area contributed by atoms with Crippen LogP contribution in [0, 0.1) is 0 Å². The molecule has 0 spiro atoms. The van der Waals surface area contributed by atoms with Gasteiger partial charge in [0.25, 0.3) is 0 Å². The van der Waals surface area contributed by atoms with Gasteiger partial charge in [-0.15, -0.1) is 0 Å². The highest BCUT2D eigenvalue weighted by molar-refractivity contribution is 5.66.